The van der Waals surface area contributed by atoms with Gasteiger partial charge in [0.1, 0.15) is 0 Å². The number of halogens is 4. The number of hydrogen-bond acceptors (Lipinski definition) is 1. The normalized spacial score (nSPS) is 11.6. The van der Waals surface area contributed by atoms with E-state index in [0.29, 0.717) is 10.7 Å². The number of pyridine rings is 1. The van der Waals surface area contributed by atoms with Crippen LogP contribution in [-0.2, 0) is 6.18 Å². The lowest BCUT2D eigenvalue weighted by atomic mass is 10.2. The van der Waals surface area contributed by atoms with Crippen LogP contribution in [0.15, 0.2) is 47.4 Å². The average Bonchev–Trinajstić information content (AvgIpc) is 2.29. The lowest BCUT2D eigenvalue weighted by Crippen LogP contribution is -2.19. The second-order valence-corrected chi connectivity index (χ2v) is 4.04. The molecule has 2 aromatic rings. The van der Waals surface area contributed by atoms with Crippen molar-refractivity contribution in [1.29, 1.82) is 0 Å². The number of hydrogen-bond donors (Lipinski definition) is 0. The number of rotatable bonds is 1. The summed E-state index contributed by atoms with van der Waals surface area (Å²) >= 11 is 5.68. The van der Waals surface area contributed by atoms with Gasteiger partial charge in [0.15, 0.2) is 0 Å². The molecular formula is C12H7ClF3NO. The molecular weight excluding hydrogens is 267 g/mol. The fourth-order valence-corrected chi connectivity index (χ4v) is 1.58. The van der Waals surface area contributed by atoms with Crippen LogP contribution in [0.5, 0.6) is 0 Å². The first-order valence-electron chi connectivity index (χ1n) is 4.94. The molecule has 0 unspecified atom stereocenters. The Kier molecular flexibility index (Phi) is 3.17. The van der Waals surface area contributed by atoms with E-state index in [1.807, 2.05) is 0 Å². The summed E-state index contributed by atoms with van der Waals surface area (Å²) in [7, 11) is 0. The molecule has 0 aliphatic rings. The molecule has 0 fully saturated rings. The van der Waals surface area contributed by atoms with Crippen LogP contribution >= 0.6 is 11.6 Å². The Morgan fingerprint density at radius 3 is 2.17 bits per heavy atom. The number of benzene rings is 1. The van der Waals surface area contributed by atoms with Crippen molar-refractivity contribution in [2.24, 2.45) is 0 Å². The van der Waals surface area contributed by atoms with E-state index >= 15 is 0 Å². The van der Waals surface area contributed by atoms with E-state index < -0.39 is 17.3 Å². The van der Waals surface area contributed by atoms with Crippen LogP contribution < -0.4 is 5.56 Å². The second-order valence-electron chi connectivity index (χ2n) is 3.60. The molecule has 94 valence electrons. The maximum absolute atomic E-state index is 12.5. The van der Waals surface area contributed by atoms with Gasteiger partial charge in [0, 0.05) is 23.0 Å². The maximum atomic E-state index is 12.5. The zero-order chi connectivity index (χ0) is 13.3. The Labute approximate surface area is 105 Å². The van der Waals surface area contributed by atoms with E-state index in [9.17, 15) is 18.0 Å². The Hall–Kier alpha value is -1.75. The molecule has 0 saturated carbocycles. The van der Waals surface area contributed by atoms with Crippen molar-refractivity contribution < 1.29 is 13.2 Å². The van der Waals surface area contributed by atoms with Gasteiger partial charge in [-0.05, 0) is 30.3 Å². The molecule has 1 aromatic carbocycles. The van der Waals surface area contributed by atoms with E-state index in [1.165, 1.54) is 24.3 Å². The molecule has 0 radical (unpaired) electrons. The van der Waals surface area contributed by atoms with Crippen molar-refractivity contribution in [2.45, 2.75) is 6.18 Å². The molecule has 2 rings (SSSR count). The van der Waals surface area contributed by atoms with E-state index in [0.717, 1.165) is 22.9 Å². The van der Waals surface area contributed by atoms with Crippen molar-refractivity contribution in [3.63, 3.8) is 0 Å². The number of alkyl halides is 3. The standard InChI is InChI=1S/C12H7ClF3NO/c13-9-2-4-10(5-3-9)17-7-8(12(14,15)16)1-6-11(17)18/h1-7H. The van der Waals surface area contributed by atoms with E-state index in [-0.39, 0.29) is 0 Å². The first kappa shape index (κ1) is 12.7. The summed E-state index contributed by atoms with van der Waals surface area (Å²) in [5.41, 5.74) is -1.09. The van der Waals surface area contributed by atoms with Crippen molar-refractivity contribution in [3.05, 3.63) is 63.5 Å². The molecule has 2 nitrogen and oxygen atoms in total. The third-order valence-corrected chi connectivity index (χ3v) is 2.60. The molecule has 1 aromatic heterocycles. The van der Waals surface area contributed by atoms with Gasteiger partial charge in [-0.25, -0.2) is 0 Å². The minimum Gasteiger partial charge on any atom is -0.284 e. The zero-order valence-electron chi connectivity index (χ0n) is 8.91. The first-order chi connectivity index (χ1) is 8.38. The SMILES string of the molecule is O=c1ccc(C(F)(F)F)cn1-c1ccc(Cl)cc1. The lowest BCUT2D eigenvalue weighted by molar-refractivity contribution is -0.138. The van der Waals surface area contributed by atoms with Crippen LogP contribution in [0.25, 0.3) is 5.69 Å². The first-order valence-corrected chi connectivity index (χ1v) is 5.31. The molecule has 0 bridgehead atoms. The average molecular weight is 274 g/mol. The Morgan fingerprint density at radius 2 is 1.61 bits per heavy atom. The van der Waals surface area contributed by atoms with Crippen LogP contribution in [0.4, 0.5) is 13.2 Å². The van der Waals surface area contributed by atoms with Gasteiger partial charge in [-0.1, -0.05) is 11.6 Å². The lowest BCUT2D eigenvalue weighted by Gasteiger charge is -2.10. The van der Waals surface area contributed by atoms with Gasteiger partial charge in [0.2, 0.25) is 0 Å². The predicted octanol–water partition coefficient (Wildman–Crippen LogP) is 3.51. The van der Waals surface area contributed by atoms with Gasteiger partial charge in [0.05, 0.1) is 5.56 Å². The quantitative estimate of drug-likeness (QED) is 0.779. The van der Waals surface area contributed by atoms with Gasteiger partial charge in [-0.2, -0.15) is 13.2 Å². The maximum Gasteiger partial charge on any atom is 0.417 e. The fraction of sp³-hybridized carbons (Fsp3) is 0.0833. The predicted molar refractivity (Wildman–Crippen MR) is 62.1 cm³/mol. The van der Waals surface area contributed by atoms with Crippen molar-refractivity contribution in [1.82, 2.24) is 4.57 Å². The molecule has 0 amide bonds. The van der Waals surface area contributed by atoms with Crippen molar-refractivity contribution >= 4 is 11.6 Å². The van der Waals surface area contributed by atoms with Crippen LogP contribution in [0.1, 0.15) is 5.56 Å². The molecule has 0 N–H and O–H groups in total. The molecule has 0 spiro atoms. The summed E-state index contributed by atoms with van der Waals surface area (Å²) < 4.78 is 38.6. The van der Waals surface area contributed by atoms with Crippen LogP contribution in [0.3, 0.4) is 0 Å². The molecule has 6 heteroatoms. The summed E-state index contributed by atoms with van der Waals surface area (Å²) in [5, 5.41) is 0.443. The Balaban J connectivity index is 2.57. The van der Waals surface area contributed by atoms with Crippen LogP contribution in [0, 0.1) is 0 Å². The minimum absolute atomic E-state index is 0.329. The van der Waals surface area contributed by atoms with E-state index in [1.54, 1.807) is 0 Å². The highest BCUT2D eigenvalue weighted by atomic mass is 35.5. The highest BCUT2D eigenvalue weighted by molar-refractivity contribution is 6.30. The fourth-order valence-electron chi connectivity index (χ4n) is 1.46. The third kappa shape index (κ3) is 2.56. The molecule has 0 aliphatic carbocycles. The highest BCUT2D eigenvalue weighted by Crippen LogP contribution is 2.28. The zero-order valence-corrected chi connectivity index (χ0v) is 9.66. The van der Waals surface area contributed by atoms with Gasteiger partial charge in [0.25, 0.3) is 5.56 Å². The summed E-state index contributed by atoms with van der Waals surface area (Å²) in [4.78, 5) is 11.5. The Bertz CT molecular complexity index is 616. The van der Waals surface area contributed by atoms with Gasteiger partial charge in [-0.15, -0.1) is 0 Å². The van der Waals surface area contributed by atoms with Crippen molar-refractivity contribution in [2.75, 3.05) is 0 Å². The van der Waals surface area contributed by atoms with E-state index in [2.05, 4.69) is 0 Å². The van der Waals surface area contributed by atoms with Crippen LogP contribution in [0.2, 0.25) is 5.02 Å². The van der Waals surface area contributed by atoms with Gasteiger partial charge < -0.3 is 0 Å². The highest BCUT2D eigenvalue weighted by Gasteiger charge is 2.31. The molecule has 18 heavy (non-hydrogen) atoms. The molecule has 1 heterocycles. The molecule has 0 saturated heterocycles. The third-order valence-electron chi connectivity index (χ3n) is 2.34. The summed E-state index contributed by atoms with van der Waals surface area (Å²) in [5.74, 6) is 0. The summed E-state index contributed by atoms with van der Waals surface area (Å²) in [6.45, 7) is 0. The minimum atomic E-state index is -4.48. The topological polar surface area (TPSA) is 22.0 Å². The van der Waals surface area contributed by atoms with Gasteiger partial charge >= 0.3 is 6.18 Å². The van der Waals surface area contributed by atoms with E-state index in [4.69, 9.17) is 11.6 Å². The summed E-state index contributed by atoms with van der Waals surface area (Å²) in [6.07, 6.45) is -3.71. The van der Waals surface area contributed by atoms with Crippen molar-refractivity contribution in [3.8, 4) is 5.69 Å². The molecule has 0 aliphatic heterocycles. The smallest absolute Gasteiger partial charge is 0.284 e. The number of aromatic nitrogens is 1. The monoisotopic (exact) mass is 273 g/mol. The largest absolute Gasteiger partial charge is 0.417 e. The molecule has 0 atom stereocenters. The van der Waals surface area contributed by atoms with Crippen LogP contribution in [-0.4, -0.2) is 4.57 Å². The van der Waals surface area contributed by atoms with Gasteiger partial charge in [-0.3, -0.25) is 9.36 Å². The second kappa shape index (κ2) is 4.49. The summed E-state index contributed by atoms with van der Waals surface area (Å²) in [6, 6.07) is 7.60. The number of nitrogens with zero attached hydrogens (tertiary/aromatic N) is 1. The Morgan fingerprint density at radius 1 is 1.00 bits per heavy atom.